The summed E-state index contributed by atoms with van der Waals surface area (Å²) in [5.74, 6) is 1.09. The molecule has 0 bridgehead atoms. The Bertz CT molecular complexity index is 262. The van der Waals surface area contributed by atoms with E-state index in [1.807, 2.05) is 0 Å². The zero-order valence-electron chi connectivity index (χ0n) is 7.60. The Morgan fingerprint density at radius 2 is 1.86 bits per heavy atom. The number of nitrogens with zero attached hydrogens (tertiary/aromatic N) is 2. The molecule has 1 aromatic rings. The lowest BCUT2D eigenvalue weighted by atomic mass is 9.98. The lowest BCUT2D eigenvalue weighted by molar-refractivity contribution is 0.379. The minimum Gasteiger partial charge on any atom is -0.408 e. The predicted molar refractivity (Wildman–Crippen MR) is 58.1 cm³/mol. The SMILES string of the molecule is Cl.Cl.Nc1nnc(C2CCNCC2)o1. The first-order valence-corrected chi connectivity index (χ1v) is 4.16. The first kappa shape index (κ1) is 13.5. The van der Waals surface area contributed by atoms with Crippen LogP contribution in [0.5, 0.6) is 0 Å². The number of nitrogens with two attached hydrogens (primary N) is 1. The molecule has 82 valence electrons. The lowest BCUT2D eigenvalue weighted by Gasteiger charge is -2.18. The van der Waals surface area contributed by atoms with E-state index in [9.17, 15) is 0 Å². The summed E-state index contributed by atoms with van der Waals surface area (Å²) in [5, 5.41) is 10.8. The van der Waals surface area contributed by atoms with Crippen LogP contribution in [0.25, 0.3) is 0 Å². The molecule has 0 unspecified atom stereocenters. The van der Waals surface area contributed by atoms with Gasteiger partial charge in [-0.15, -0.1) is 29.9 Å². The maximum absolute atomic E-state index is 5.33. The van der Waals surface area contributed by atoms with E-state index in [0.29, 0.717) is 11.8 Å². The summed E-state index contributed by atoms with van der Waals surface area (Å²) in [6.45, 7) is 2.04. The molecule has 1 aromatic heterocycles. The molecule has 14 heavy (non-hydrogen) atoms. The fraction of sp³-hybridized carbons (Fsp3) is 0.714. The number of piperidine rings is 1. The van der Waals surface area contributed by atoms with E-state index in [4.69, 9.17) is 10.2 Å². The fourth-order valence-electron chi connectivity index (χ4n) is 1.48. The molecule has 0 aromatic carbocycles. The molecule has 1 saturated heterocycles. The molecule has 0 amide bonds. The van der Waals surface area contributed by atoms with Crippen LogP contribution in [0.1, 0.15) is 24.7 Å². The molecule has 0 saturated carbocycles. The molecule has 0 atom stereocenters. The van der Waals surface area contributed by atoms with E-state index in [1.165, 1.54) is 0 Å². The highest BCUT2D eigenvalue weighted by atomic mass is 35.5. The molecule has 1 fully saturated rings. The van der Waals surface area contributed by atoms with Gasteiger partial charge in [0.25, 0.3) is 0 Å². The summed E-state index contributed by atoms with van der Waals surface area (Å²) in [7, 11) is 0. The van der Waals surface area contributed by atoms with Gasteiger partial charge in [0.1, 0.15) is 0 Å². The summed E-state index contributed by atoms with van der Waals surface area (Å²) < 4.78 is 5.15. The van der Waals surface area contributed by atoms with Crippen LogP contribution in [0.4, 0.5) is 6.01 Å². The third-order valence-corrected chi connectivity index (χ3v) is 2.14. The minimum absolute atomic E-state index is 0. The monoisotopic (exact) mass is 240 g/mol. The number of rotatable bonds is 1. The highest BCUT2D eigenvalue weighted by Crippen LogP contribution is 2.23. The van der Waals surface area contributed by atoms with Crippen LogP contribution in [0.2, 0.25) is 0 Å². The first-order valence-electron chi connectivity index (χ1n) is 4.16. The van der Waals surface area contributed by atoms with Crippen molar-refractivity contribution < 1.29 is 4.42 Å². The Balaban J connectivity index is 0.000000845. The number of aromatic nitrogens is 2. The summed E-state index contributed by atoms with van der Waals surface area (Å²) in [5.41, 5.74) is 5.33. The van der Waals surface area contributed by atoms with Gasteiger partial charge in [0.05, 0.1) is 0 Å². The van der Waals surface area contributed by atoms with Gasteiger partial charge in [-0.05, 0) is 25.9 Å². The molecule has 0 spiro atoms. The zero-order chi connectivity index (χ0) is 8.39. The highest BCUT2D eigenvalue weighted by molar-refractivity contribution is 5.85. The van der Waals surface area contributed by atoms with Gasteiger partial charge in [-0.3, -0.25) is 0 Å². The molecule has 2 heterocycles. The summed E-state index contributed by atoms with van der Waals surface area (Å²) in [6.07, 6.45) is 2.11. The number of nitrogen functional groups attached to an aromatic ring is 1. The number of anilines is 1. The van der Waals surface area contributed by atoms with Crippen LogP contribution >= 0.6 is 24.8 Å². The maximum atomic E-state index is 5.33. The Kier molecular flexibility index (Phi) is 5.83. The normalized spacial score (nSPS) is 16.9. The number of halogens is 2. The molecule has 1 aliphatic heterocycles. The average molecular weight is 241 g/mol. The van der Waals surface area contributed by atoms with Gasteiger partial charge in [-0.2, -0.15) is 0 Å². The van der Waals surface area contributed by atoms with Crippen molar-refractivity contribution in [3.8, 4) is 0 Å². The first-order chi connectivity index (χ1) is 5.86. The van der Waals surface area contributed by atoms with Gasteiger partial charge in [0, 0.05) is 5.92 Å². The lowest BCUT2D eigenvalue weighted by Crippen LogP contribution is -2.26. The standard InChI is InChI=1S/C7H12N4O.2ClH/c8-7-11-10-6(12-7)5-1-3-9-4-2-5;;/h5,9H,1-4H2,(H2,8,11);2*1H. The number of hydrogen-bond donors (Lipinski definition) is 2. The molecule has 2 rings (SSSR count). The van der Waals surface area contributed by atoms with Crippen molar-refractivity contribution in [3.05, 3.63) is 5.89 Å². The van der Waals surface area contributed by atoms with E-state index in [2.05, 4.69) is 15.5 Å². The average Bonchev–Trinajstić information content (AvgIpc) is 2.54. The topological polar surface area (TPSA) is 77.0 Å². The van der Waals surface area contributed by atoms with Gasteiger partial charge in [-0.25, -0.2) is 0 Å². The smallest absolute Gasteiger partial charge is 0.312 e. The highest BCUT2D eigenvalue weighted by Gasteiger charge is 2.20. The third kappa shape index (κ3) is 3.01. The zero-order valence-corrected chi connectivity index (χ0v) is 9.24. The fourth-order valence-corrected chi connectivity index (χ4v) is 1.48. The third-order valence-electron chi connectivity index (χ3n) is 2.14. The number of hydrogen-bond acceptors (Lipinski definition) is 5. The van der Waals surface area contributed by atoms with Crippen molar-refractivity contribution in [1.82, 2.24) is 15.5 Å². The van der Waals surface area contributed by atoms with Crippen LogP contribution in [0.3, 0.4) is 0 Å². The quantitative estimate of drug-likeness (QED) is 0.765. The molecule has 0 aliphatic carbocycles. The molecule has 0 radical (unpaired) electrons. The van der Waals surface area contributed by atoms with Crippen molar-refractivity contribution >= 4 is 30.8 Å². The second kappa shape index (κ2) is 6.06. The molecule has 5 nitrogen and oxygen atoms in total. The van der Waals surface area contributed by atoms with Crippen molar-refractivity contribution in [2.75, 3.05) is 18.8 Å². The van der Waals surface area contributed by atoms with E-state index >= 15 is 0 Å². The maximum Gasteiger partial charge on any atom is 0.312 e. The minimum atomic E-state index is 0. The van der Waals surface area contributed by atoms with Crippen molar-refractivity contribution in [2.45, 2.75) is 18.8 Å². The van der Waals surface area contributed by atoms with E-state index in [1.54, 1.807) is 0 Å². The second-order valence-electron chi connectivity index (χ2n) is 3.00. The molecule has 1 aliphatic rings. The van der Waals surface area contributed by atoms with Gasteiger partial charge >= 0.3 is 6.01 Å². The summed E-state index contributed by atoms with van der Waals surface area (Å²) in [4.78, 5) is 0. The summed E-state index contributed by atoms with van der Waals surface area (Å²) >= 11 is 0. The molecule has 7 heteroatoms. The van der Waals surface area contributed by atoms with Crippen LogP contribution < -0.4 is 11.1 Å². The number of nitrogens with one attached hydrogen (secondary N) is 1. The van der Waals surface area contributed by atoms with Gasteiger partial charge < -0.3 is 15.5 Å². The van der Waals surface area contributed by atoms with Crippen LogP contribution in [0.15, 0.2) is 4.42 Å². The Morgan fingerprint density at radius 3 is 2.36 bits per heavy atom. The van der Waals surface area contributed by atoms with Crippen LogP contribution in [0, 0.1) is 0 Å². The molecular weight excluding hydrogens is 227 g/mol. The van der Waals surface area contributed by atoms with E-state index < -0.39 is 0 Å². The Hall–Kier alpha value is -0.520. The van der Waals surface area contributed by atoms with E-state index in [-0.39, 0.29) is 30.8 Å². The van der Waals surface area contributed by atoms with Crippen molar-refractivity contribution in [3.63, 3.8) is 0 Å². The van der Waals surface area contributed by atoms with Crippen molar-refractivity contribution in [2.24, 2.45) is 0 Å². The summed E-state index contributed by atoms with van der Waals surface area (Å²) in [6, 6.07) is 0.170. The molecule has 3 N–H and O–H groups in total. The van der Waals surface area contributed by atoms with Gasteiger partial charge in [0.15, 0.2) is 0 Å². The van der Waals surface area contributed by atoms with Crippen LogP contribution in [-0.2, 0) is 0 Å². The second-order valence-corrected chi connectivity index (χ2v) is 3.00. The van der Waals surface area contributed by atoms with Crippen molar-refractivity contribution in [1.29, 1.82) is 0 Å². The molecular formula is C7H14Cl2N4O. The van der Waals surface area contributed by atoms with Gasteiger partial charge in [-0.1, -0.05) is 5.10 Å². The predicted octanol–water partition coefficient (Wildman–Crippen LogP) is 0.962. The van der Waals surface area contributed by atoms with Crippen LogP contribution in [-0.4, -0.2) is 23.3 Å². The Morgan fingerprint density at radius 1 is 1.21 bits per heavy atom. The van der Waals surface area contributed by atoms with Gasteiger partial charge in [0.2, 0.25) is 5.89 Å². The van der Waals surface area contributed by atoms with E-state index in [0.717, 1.165) is 25.9 Å². The largest absolute Gasteiger partial charge is 0.408 e. The Labute approximate surface area is 94.6 Å².